The van der Waals surface area contributed by atoms with Crippen molar-refractivity contribution in [3.8, 4) is 0 Å². The van der Waals surface area contributed by atoms with Crippen molar-refractivity contribution in [3.05, 3.63) is 35.4 Å². The predicted octanol–water partition coefficient (Wildman–Crippen LogP) is 3.18. The largest absolute Gasteiger partial charge is 0.469 e. The summed E-state index contributed by atoms with van der Waals surface area (Å²) in [6, 6.07) is 8.45. The number of benzene rings is 1. The van der Waals surface area contributed by atoms with Crippen LogP contribution in [0.5, 0.6) is 0 Å². The number of ether oxygens (including phenoxy) is 1. The first-order valence-corrected chi connectivity index (χ1v) is 6.40. The summed E-state index contributed by atoms with van der Waals surface area (Å²) in [5.74, 6) is 0.809. The smallest absolute Gasteiger partial charge is 0.306 e. The molecular formula is C13H18O2S. The van der Waals surface area contributed by atoms with Crippen LogP contribution in [-0.4, -0.2) is 18.3 Å². The van der Waals surface area contributed by atoms with E-state index in [1.165, 1.54) is 18.2 Å². The third-order valence-corrected chi connectivity index (χ3v) is 3.53. The number of thioether (sulfide) groups is 1. The average molecular weight is 238 g/mol. The topological polar surface area (TPSA) is 26.3 Å². The Morgan fingerprint density at radius 1 is 1.50 bits per heavy atom. The summed E-state index contributed by atoms with van der Waals surface area (Å²) in [4.78, 5) is 11.1. The van der Waals surface area contributed by atoms with Gasteiger partial charge in [0.05, 0.1) is 13.5 Å². The molecule has 0 amide bonds. The number of carbonyl (C=O) groups excluding carboxylic acids is 1. The number of carbonyl (C=O) groups is 1. The van der Waals surface area contributed by atoms with Crippen LogP contribution < -0.4 is 0 Å². The van der Waals surface area contributed by atoms with Gasteiger partial charge in [-0.15, -0.1) is 0 Å². The van der Waals surface area contributed by atoms with Crippen molar-refractivity contribution in [2.45, 2.75) is 31.3 Å². The molecule has 1 atom stereocenters. The van der Waals surface area contributed by atoms with Crippen molar-refractivity contribution in [2.75, 3.05) is 7.11 Å². The zero-order valence-electron chi connectivity index (χ0n) is 10.0. The zero-order valence-corrected chi connectivity index (χ0v) is 10.8. The van der Waals surface area contributed by atoms with Crippen molar-refractivity contribution in [3.63, 3.8) is 0 Å². The molecule has 0 saturated carbocycles. The van der Waals surface area contributed by atoms with Crippen LogP contribution in [0, 0.1) is 6.92 Å². The first-order valence-electron chi connectivity index (χ1n) is 5.35. The van der Waals surface area contributed by atoms with Crippen molar-refractivity contribution < 1.29 is 9.53 Å². The molecular weight excluding hydrogens is 220 g/mol. The lowest BCUT2D eigenvalue weighted by molar-refractivity contribution is -0.140. The molecule has 1 aromatic carbocycles. The Hall–Kier alpha value is -0.960. The highest BCUT2D eigenvalue weighted by molar-refractivity contribution is 7.99. The molecule has 0 N–H and O–H groups in total. The third-order valence-electron chi connectivity index (χ3n) is 2.30. The molecule has 0 aliphatic rings. The summed E-state index contributed by atoms with van der Waals surface area (Å²) >= 11 is 1.78. The number of hydrogen-bond acceptors (Lipinski definition) is 3. The highest BCUT2D eigenvalue weighted by Gasteiger charge is 2.09. The summed E-state index contributed by atoms with van der Waals surface area (Å²) in [5, 5.41) is 0.299. The lowest BCUT2D eigenvalue weighted by Crippen LogP contribution is -2.08. The standard InChI is InChI=1S/C13H18O2S/c1-10-5-4-6-12(7-10)9-16-11(2)8-13(14)15-3/h4-7,11H,8-9H2,1-3H3. The molecule has 0 aromatic heterocycles. The Labute approximate surface area is 101 Å². The van der Waals surface area contributed by atoms with Gasteiger partial charge in [0.2, 0.25) is 0 Å². The lowest BCUT2D eigenvalue weighted by Gasteiger charge is -2.09. The average Bonchev–Trinajstić information content (AvgIpc) is 2.26. The molecule has 0 bridgehead atoms. The van der Waals surface area contributed by atoms with Gasteiger partial charge in [0.25, 0.3) is 0 Å². The number of esters is 1. The summed E-state index contributed by atoms with van der Waals surface area (Å²) in [6.07, 6.45) is 0.479. The van der Waals surface area contributed by atoms with E-state index < -0.39 is 0 Å². The summed E-state index contributed by atoms with van der Waals surface area (Å²) in [7, 11) is 1.43. The number of aryl methyl sites for hydroxylation is 1. The van der Waals surface area contributed by atoms with Gasteiger partial charge in [-0.25, -0.2) is 0 Å². The minimum Gasteiger partial charge on any atom is -0.469 e. The van der Waals surface area contributed by atoms with Gasteiger partial charge in [-0.2, -0.15) is 11.8 Å². The maximum absolute atomic E-state index is 11.1. The van der Waals surface area contributed by atoms with E-state index in [4.69, 9.17) is 0 Å². The Balaban J connectivity index is 2.37. The quantitative estimate of drug-likeness (QED) is 0.737. The molecule has 0 spiro atoms. The van der Waals surface area contributed by atoms with Crippen LogP contribution in [0.3, 0.4) is 0 Å². The van der Waals surface area contributed by atoms with Gasteiger partial charge in [0.1, 0.15) is 0 Å². The molecule has 0 aliphatic heterocycles. The predicted molar refractivity (Wildman–Crippen MR) is 68.6 cm³/mol. The molecule has 2 nitrogen and oxygen atoms in total. The molecule has 3 heteroatoms. The molecule has 0 radical (unpaired) electrons. The molecule has 0 aliphatic carbocycles. The van der Waals surface area contributed by atoms with E-state index in [1.54, 1.807) is 11.8 Å². The lowest BCUT2D eigenvalue weighted by atomic mass is 10.2. The van der Waals surface area contributed by atoms with Crippen molar-refractivity contribution >= 4 is 17.7 Å². The highest BCUT2D eigenvalue weighted by atomic mass is 32.2. The van der Waals surface area contributed by atoms with E-state index in [0.717, 1.165) is 5.75 Å². The van der Waals surface area contributed by atoms with Gasteiger partial charge in [0, 0.05) is 11.0 Å². The van der Waals surface area contributed by atoms with Crippen LogP contribution in [0.15, 0.2) is 24.3 Å². The SMILES string of the molecule is COC(=O)CC(C)SCc1cccc(C)c1. The monoisotopic (exact) mass is 238 g/mol. The molecule has 0 heterocycles. The van der Waals surface area contributed by atoms with E-state index in [-0.39, 0.29) is 5.97 Å². The van der Waals surface area contributed by atoms with Gasteiger partial charge in [-0.05, 0) is 12.5 Å². The van der Waals surface area contributed by atoms with E-state index in [0.29, 0.717) is 11.7 Å². The second-order valence-electron chi connectivity index (χ2n) is 3.89. The normalized spacial score (nSPS) is 12.2. The van der Waals surface area contributed by atoms with Crippen LogP contribution in [0.4, 0.5) is 0 Å². The summed E-state index contributed by atoms with van der Waals surface area (Å²) in [5.41, 5.74) is 2.58. The van der Waals surface area contributed by atoms with Crippen LogP contribution in [0.25, 0.3) is 0 Å². The van der Waals surface area contributed by atoms with Crippen LogP contribution >= 0.6 is 11.8 Å². The first kappa shape index (κ1) is 13.1. The number of rotatable bonds is 5. The Morgan fingerprint density at radius 2 is 2.25 bits per heavy atom. The van der Waals surface area contributed by atoms with Crippen LogP contribution in [0.1, 0.15) is 24.5 Å². The maximum atomic E-state index is 11.1. The van der Waals surface area contributed by atoms with E-state index >= 15 is 0 Å². The fraction of sp³-hybridized carbons (Fsp3) is 0.462. The van der Waals surface area contributed by atoms with E-state index in [9.17, 15) is 4.79 Å². The van der Waals surface area contributed by atoms with Crippen LogP contribution in [-0.2, 0) is 15.3 Å². The fourth-order valence-corrected chi connectivity index (χ4v) is 2.33. The Kier molecular flexibility index (Phi) is 5.39. The highest BCUT2D eigenvalue weighted by Crippen LogP contribution is 2.20. The van der Waals surface area contributed by atoms with Crippen molar-refractivity contribution in [1.29, 1.82) is 0 Å². The van der Waals surface area contributed by atoms with E-state index in [2.05, 4.69) is 42.8 Å². The molecule has 1 rings (SSSR count). The van der Waals surface area contributed by atoms with Gasteiger partial charge < -0.3 is 4.74 Å². The second-order valence-corrected chi connectivity index (χ2v) is 5.32. The van der Waals surface area contributed by atoms with Crippen molar-refractivity contribution in [1.82, 2.24) is 0 Å². The molecule has 88 valence electrons. The van der Waals surface area contributed by atoms with Gasteiger partial charge >= 0.3 is 5.97 Å². The summed E-state index contributed by atoms with van der Waals surface area (Å²) in [6.45, 7) is 4.14. The Bertz CT molecular complexity index is 350. The Morgan fingerprint density at radius 3 is 2.88 bits per heavy atom. The molecule has 1 unspecified atom stereocenters. The minimum absolute atomic E-state index is 0.135. The minimum atomic E-state index is -0.135. The van der Waals surface area contributed by atoms with Crippen molar-refractivity contribution in [2.24, 2.45) is 0 Å². The molecule has 16 heavy (non-hydrogen) atoms. The van der Waals surface area contributed by atoms with Gasteiger partial charge in [0.15, 0.2) is 0 Å². The maximum Gasteiger partial charge on any atom is 0.306 e. The number of hydrogen-bond donors (Lipinski definition) is 0. The third kappa shape index (κ3) is 4.71. The molecule has 0 saturated heterocycles. The van der Waals surface area contributed by atoms with E-state index in [1.807, 2.05) is 0 Å². The second kappa shape index (κ2) is 6.59. The fourth-order valence-electron chi connectivity index (χ4n) is 1.42. The molecule has 1 aromatic rings. The first-order chi connectivity index (χ1) is 7.61. The zero-order chi connectivity index (χ0) is 12.0. The van der Waals surface area contributed by atoms with Gasteiger partial charge in [-0.3, -0.25) is 4.79 Å². The van der Waals surface area contributed by atoms with Crippen LogP contribution in [0.2, 0.25) is 0 Å². The number of methoxy groups -OCH3 is 1. The summed E-state index contributed by atoms with van der Waals surface area (Å²) < 4.78 is 4.64. The van der Waals surface area contributed by atoms with Gasteiger partial charge in [-0.1, -0.05) is 36.8 Å². The molecule has 0 fully saturated rings.